The highest BCUT2D eigenvalue weighted by Gasteiger charge is 2.11. The van der Waals surface area contributed by atoms with Gasteiger partial charge in [-0.3, -0.25) is 4.79 Å². The molecule has 82 valence electrons. The van der Waals surface area contributed by atoms with E-state index in [4.69, 9.17) is 11.6 Å². The molecule has 0 aliphatic carbocycles. The van der Waals surface area contributed by atoms with Crippen molar-refractivity contribution in [2.75, 3.05) is 25.5 Å². The number of amides is 1. The fraction of sp³-hybridized carbons (Fsp3) is 0.444. The lowest BCUT2D eigenvalue weighted by molar-refractivity contribution is -0.119. The molecule has 0 saturated carbocycles. The van der Waals surface area contributed by atoms with Crippen molar-refractivity contribution in [3.63, 3.8) is 0 Å². The van der Waals surface area contributed by atoms with E-state index < -0.39 is 0 Å². The number of aromatic nitrogens is 2. The second-order valence-corrected chi connectivity index (χ2v) is 3.50. The molecule has 0 aromatic carbocycles. The Kier molecular flexibility index (Phi) is 3.85. The molecule has 0 spiro atoms. The number of hydrogen-bond acceptors (Lipinski definition) is 4. The van der Waals surface area contributed by atoms with Gasteiger partial charge in [-0.25, -0.2) is 9.97 Å². The maximum absolute atomic E-state index is 11.2. The van der Waals surface area contributed by atoms with Crippen molar-refractivity contribution >= 4 is 23.3 Å². The Balaban J connectivity index is 2.86. The fourth-order valence-electron chi connectivity index (χ4n) is 1.17. The largest absolute Gasteiger partial charge is 0.358 e. The average molecular weight is 229 g/mol. The predicted molar refractivity (Wildman–Crippen MR) is 59.1 cm³/mol. The number of rotatable bonds is 3. The van der Waals surface area contributed by atoms with Crippen molar-refractivity contribution in [1.29, 1.82) is 0 Å². The summed E-state index contributed by atoms with van der Waals surface area (Å²) in [5, 5.41) is 2.95. The molecular formula is C9H13ClN4O. The third-order valence-electron chi connectivity index (χ3n) is 2.02. The van der Waals surface area contributed by atoms with Gasteiger partial charge in [-0.1, -0.05) is 11.6 Å². The Morgan fingerprint density at radius 1 is 1.60 bits per heavy atom. The molecule has 0 atom stereocenters. The Morgan fingerprint density at radius 3 is 2.87 bits per heavy atom. The summed E-state index contributed by atoms with van der Waals surface area (Å²) < 4.78 is 0. The number of hydrogen-bond donors (Lipinski definition) is 1. The normalized spacial score (nSPS) is 9.87. The highest BCUT2D eigenvalue weighted by molar-refractivity contribution is 6.30. The van der Waals surface area contributed by atoms with Crippen LogP contribution in [0.25, 0.3) is 0 Å². The second kappa shape index (κ2) is 4.93. The van der Waals surface area contributed by atoms with Crippen molar-refractivity contribution in [3.05, 3.63) is 17.0 Å². The second-order valence-electron chi connectivity index (χ2n) is 3.14. The van der Waals surface area contributed by atoms with E-state index in [0.29, 0.717) is 11.0 Å². The summed E-state index contributed by atoms with van der Waals surface area (Å²) in [4.78, 5) is 20.8. The standard InChI is InChI=1S/C9H13ClN4O/c1-6-8(10)12-5-13-9(6)14(3)4-7(15)11-2/h5H,4H2,1-3H3,(H,11,15). The Hall–Kier alpha value is -1.36. The van der Waals surface area contributed by atoms with E-state index in [1.54, 1.807) is 19.0 Å². The zero-order valence-corrected chi connectivity index (χ0v) is 9.67. The lowest BCUT2D eigenvalue weighted by Gasteiger charge is -2.18. The van der Waals surface area contributed by atoms with Crippen LogP contribution in [0.5, 0.6) is 0 Å². The summed E-state index contributed by atoms with van der Waals surface area (Å²) in [6.45, 7) is 2.06. The monoisotopic (exact) mass is 228 g/mol. The van der Waals surface area contributed by atoms with Crippen LogP contribution in [0.1, 0.15) is 5.56 Å². The van der Waals surface area contributed by atoms with Crippen LogP contribution in [0.2, 0.25) is 5.15 Å². The predicted octanol–water partition coefficient (Wildman–Crippen LogP) is 0.621. The van der Waals surface area contributed by atoms with Gasteiger partial charge in [0.2, 0.25) is 5.91 Å². The van der Waals surface area contributed by atoms with Crippen molar-refractivity contribution < 1.29 is 4.79 Å². The zero-order valence-electron chi connectivity index (χ0n) is 8.91. The number of carbonyl (C=O) groups is 1. The van der Waals surface area contributed by atoms with Gasteiger partial charge in [-0.15, -0.1) is 0 Å². The molecule has 0 aliphatic rings. The van der Waals surface area contributed by atoms with Gasteiger partial charge in [0.05, 0.1) is 6.54 Å². The topological polar surface area (TPSA) is 58.1 Å². The van der Waals surface area contributed by atoms with Gasteiger partial charge in [0.25, 0.3) is 0 Å². The highest BCUT2D eigenvalue weighted by Crippen LogP contribution is 2.20. The zero-order chi connectivity index (χ0) is 11.4. The molecule has 0 saturated heterocycles. The molecule has 1 aromatic rings. The molecule has 15 heavy (non-hydrogen) atoms. The molecule has 6 heteroatoms. The van der Waals surface area contributed by atoms with Gasteiger partial charge >= 0.3 is 0 Å². The number of nitrogens with one attached hydrogen (secondary N) is 1. The summed E-state index contributed by atoms with van der Waals surface area (Å²) in [7, 11) is 3.37. The quantitative estimate of drug-likeness (QED) is 0.771. The SMILES string of the molecule is CNC(=O)CN(C)c1ncnc(Cl)c1C. The van der Waals surface area contributed by atoms with Crippen LogP contribution in [0.3, 0.4) is 0 Å². The van der Waals surface area contributed by atoms with Crippen molar-refractivity contribution in [1.82, 2.24) is 15.3 Å². The minimum absolute atomic E-state index is 0.0772. The summed E-state index contributed by atoms with van der Waals surface area (Å²) in [5.41, 5.74) is 0.769. The smallest absolute Gasteiger partial charge is 0.239 e. The van der Waals surface area contributed by atoms with Crippen LogP contribution in [0.4, 0.5) is 5.82 Å². The van der Waals surface area contributed by atoms with E-state index in [9.17, 15) is 4.79 Å². The number of anilines is 1. The van der Waals surface area contributed by atoms with Crippen molar-refractivity contribution in [2.24, 2.45) is 0 Å². The molecular weight excluding hydrogens is 216 g/mol. The molecule has 0 aliphatic heterocycles. The lowest BCUT2D eigenvalue weighted by Crippen LogP contribution is -2.33. The maximum Gasteiger partial charge on any atom is 0.239 e. The number of likely N-dealkylation sites (N-methyl/N-ethyl adjacent to an activating group) is 2. The van der Waals surface area contributed by atoms with Crippen molar-refractivity contribution in [3.8, 4) is 0 Å². The molecule has 1 rings (SSSR count). The first-order valence-corrected chi connectivity index (χ1v) is 4.83. The molecule has 0 fully saturated rings. The molecule has 1 aromatic heterocycles. The Bertz CT molecular complexity index is 369. The van der Waals surface area contributed by atoms with Crippen LogP contribution < -0.4 is 10.2 Å². The first-order chi connectivity index (χ1) is 7.06. The molecule has 1 N–H and O–H groups in total. The van der Waals surface area contributed by atoms with Crippen molar-refractivity contribution in [2.45, 2.75) is 6.92 Å². The first-order valence-electron chi connectivity index (χ1n) is 4.45. The number of halogens is 1. The molecule has 1 amide bonds. The minimum Gasteiger partial charge on any atom is -0.358 e. The first kappa shape index (κ1) is 11.7. The summed E-state index contributed by atoms with van der Waals surface area (Å²) in [5.74, 6) is 0.588. The van der Waals surface area contributed by atoms with E-state index in [2.05, 4.69) is 15.3 Å². The van der Waals surface area contributed by atoms with Gasteiger partial charge in [0, 0.05) is 19.7 Å². The van der Waals surface area contributed by atoms with Gasteiger partial charge in [-0.05, 0) is 6.92 Å². The molecule has 1 heterocycles. The summed E-state index contributed by atoms with van der Waals surface area (Å²) in [6.07, 6.45) is 1.38. The van der Waals surface area contributed by atoms with Crippen LogP contribution in [0.15, 0.2) is 6.33 Å². The van der Waals surface area contributed by atoms with E-state index in [1.807, 2.05) is 6.92 Å². The summed E-state index contributed by atoms with van der Waals surface area (Å²) in [6, 6.07) is 0. The van der Waals surface area contributed by atoms with Crippen LogP contribution in [-0.2, 0) is 4.79 Å². The Morgan fingerprint density at radius 2 is 2.27 bits per heavy atom. The van der Waals surface area contributed by atoms with Gasteiger partial charge in [0.1, 0.15) is 17.3 Å². The minimum atomic E-state index is -0.0772. The van der Waals surface area contributed by atoms with Gasteiger partial charge in [-0.2, -0.15) is 0 Å². The molecule has 5 nitrogen and oxygen atoms in total. The van der Waals surface area contributed by atoms with Gasteiger partial charge < -0.3 is 10.2 Å². The molecule has 0 radical (unpaired) electrons. The van der Waals surface area contributed by atoms with E-state index >= 15 is 0 Å². The van der Waals surface area contributed by atoms with E-state index in [0.717, 1.165) is 5.56 Å². The summed E-state index contributed by atoms with van der Waals surface area (Å²) >= 11 is 5.85. The highest BCUT2D eigenvalue weighted by atomic mass is 35.5. The Labute approximate surface area is 93.5 Å². The number of nitrogens with zero attached hydrogens (tertiary/aromatic N) is 3. The maximum atomic E-state index is 11.2. The third kappa shape index (κ3) is 2.79. The molecule has 0 unspecified atom stereocenters. The van der Waals surface area contributed by atoms with E-state index in [1.165, 1.54) is 6.33 Å². The average Bonchev–Trinajstić information content (AvgIpc) is 2.21. The number of carbonyl (C=O) groups excluding carboxylic acids is 1. The fourth-order valence-corrected chi connectivity index (χ4v) is 1.30. The van der Waals surface area contributed by atoms with Crippen LogP contribution in [0, 0.1) is 6.92 Å². The van der Waals surface area contributed by atoms with Crippen LogP contribution >= 0.6 is 11.6 Å². The molecule has 0 bridgehead atoms. The lowest BCUT2D eigenvalue weighted by atomic mass is 10.3. The van der Waals surface area contributed by atoms with Crippen LogP contribution in [-0.4, -0.2) is 36.5 Å². The third-order valence-corrected chi connectivity index (χ3v) is 2.40. The van der Waals surface area contributed by atoms with E-state index in [-0.39, 0.29) is 12.5 Å². The van der Waals surface area contributed by atoms with Gasteiger partial charge in [0.15, 0.2) is 0 Å².